The SMILES string of the molecule is O=C(Nc1nc(CCCCCCN2CCCCC2)cn1-c1ccccc1)c1cccc(-c2cn[nH]c2)c1. The number of rotatable bonds is 11. The molecular formula is C30H36N6O. The molecule has 3 heterocycles. The number of unbranched alkanes of at least 4 members (excludes halogenated alkanes) is 3. The van der Waals surface area contributed by atoms with Crippen LogP contribution in [0.25, 0.3) is 16.8 Å². The van der Waals surface area contributed by atoms with Crippen molar-refractivity contribution in [2.75, 3.05) is 25.0 Å². The van der Waals surface area contributed by atoms with Crippen molar-refractivity contribution in [3.63, 3.8) is 0 Å². The van der Waals surface area contributed by atoms with Crippen LogP contribution >= 0.6 is 0 Å². The van der Waals surface area contributed by atoms with Crippen LogP contribution in [0, 0.1) is 0 Å². The van der Waals surface area contributed by atoms with Crippen LogP contribution < -0.4 is 5.32 Å². The van der Waals surface area contributed by atoms with Gasteiger partial charge in [-0.1, -0.05) is 49.6 Å². The summed E-state index contributed by atoms with van der Waals surface area (Å²) in [5.41, 5.74) is 4.44. The summed E-state index contributed by atoms with van der Waals surface area (Å²) in [5, 5.41) is 9.88. The number of aromatic nitrogens is 4. The van der Waals surface area contributed by atoms with Crippen molar-refractivity contribution < 1.29 is 4.79 Å². The highest BCUT2D eigenvalue weighted by Gasteiger charge is 2.15. The molecule has 7 heteroatoms. The number of aryl methyl sites for hydroxylation is 1. The maximum atomic E-state index is 13.2. The Morgan fingerprint density at radius 2 is 1.76 bits per heavy atom. The molecule has 0 aliphatic carbocycles. The molecule has 0 atom stereocenters. The number of carbonyl (C=O) groups excluding carboxylic acids is 1. The molecule has 1 amide bonds. The van der Waals surface area contributed by atoms with Gasteiger partial charge in [-0.15, -0.1) is 0 Å². The van der Waals surface area contributed by atoms with Crippen LogP contribution in [0.4, 0.5) is 5.95 Å². The van der Waals surface area contributed by atoms with Gasteiger partial charge in [0, 0.05) is 29.2 Å². The summed E-state index contributed by atoms with van der Waals surface area (Å²) < 4.78 is 1.98. The maximum absolute atomic E-state index is 13.2. The van der Waals surface area contributed by atoms with Crippen LogP contribution in [0.5, 0.6) is 0 Å². The molecule has 0 spiro atoms. The average molecular weight is 497 g/mol. The van der Waals surface area contributed by atoms with Crippen molar-refractivity contribution in [2.45, 2.75) is 51.4 Å². The molecule has 0 saturated carbocycles. The number of anilines is 1. The molecule has 2 aromatic heterocycles. The first kappa shape index (κ1) is 25.0. The standard InChI is InChI=1S/C30H36N6O/c37-29(25-13-11-12-24(20-25)26-21-31-32-22-26)34-30-33-27(23-36(30)28-15-6-3-7-16-28)14-5-1-2-8-17-35-18-9-4-10-19-35/h3,6-7,11-13,15-16,20-23H,1-2,4-5,8-10,14,17-19H2,(H,31,32)(H,33,34,37). The summed E-state index contributed by atoms with van der Waals surface area (Å²) in [6.45, 7) is 3.79. The Labute approximate surface area is 218 Å². The third-order valence-electron chi connectivity index (χ3n) is 7.08. The lowest BCUT2D eigenvalue weighted by Crippen LogP contribution is -2.30. The van der Waals surface area contributed by atoms with Crippen molar-refractivity contribution >= 4 is 11.9 Å². The number of likely N-dealkylation sites (tertiary alicyclic amines) is 1. The van der Waals surface area contributed by atoms with Gasteiger partial charge in [0.05, 0.1) is 11.9 Å². The van der Waals surface area contributed by atoms with Crippen molar-refractivity contribution in [2.24, 2.45) is 0 Å². The zero-order valence-electron chi connectivity index (χ0n) is 21.4. The lowest BCUT2D eigenvalue weighted by molar-refractivity contribution is 0.102. The van der Waals surface area contributed by atoms with Gasteiger partial charge in [-0.2, -0.15) is 5.10 Å². The number of amides is 1. The smallest absolute Gasteiger partial charge is 0.258 e. The van der Waals surface area contributed by atoms with Crippen molar-refractivity contribution in [3.05, 3.63) is 84.4 Å². The van der Waals surface area contributed by atoms with E-state index < -0.39 is 0 Å². The fourth-order valence-electron chi connectivity index (χ4n) is 5.02. The molecule has 192 valence electrons. The van der Waals surface area contributed by atoms with E-state index in [4.69, 9.17) is 4.98 Å². The summed E-state index contributed by atoms with van der Waals surface area (Å²) >= 11 is 0. The van der Waals surface area contributed by atoms with Crippen molar-refractivity contribution in [3.8, 4) is 16.8 Å². The van der Waals surface area contributed by atoms with Gasteiger partial charge in [-0.25, -0.2) is 4.98 Å². The monoisotopic (exact) mass is 496 g/mol. The minimum atomic E-state index is -0.183. The Kier molecular flexibility index (Phi) is 8.43. The minimum Gasteiger partial charge on any atom is -0.303 e. The number of hydrogen-bond donors (Lipinski definition) is 2. The van der Waals surface area contributed by atoms with Gasteiger partial charge in [0.15, 0.2) is 0 Å². The van der Waals surface area contributed by atoms with Crippen LogP contribution in [0.2, 0.25) is 0 Å². The molecule has 37 heavy (non-hydrogen) atoms. The lowest BCUT2D eigenvalue weighted by atomic mass is 10.1. The first-order valence-corrected chi connectivity index (χ1v) is 13.5. The molecular weight excluding hydrogens is 460 g/mol. The van der Waals surface area contributed by atoms with Crippen molar-refractivity contribution in [1.29, 1.82) is 0 Å². The lowest BCUT2D eigenvalue weighted by Gasteiger charge is -2.26. The number of benzene rings is 2. The highest BCUT2D eigenvalue weighted by Crippen LogP contribution is 2.22. The summed E-state index contributed by atoms with van der Waals surface area (Å²) in [6.07, 6.45) is 15.5. The molecule has 1 aliphatic heterocycles. The largest absolute Gasteiger partial charge is 0.303 e. The third kappa shape index (κ3) is 6.74. The highest BCUT2D eigenvalue weighted by molar-refractivity contribution is 6.04. The Hall–Kier alpha value is -3.71. The predicted octanol–water partition coefficient (Wildman–Crippen LogP) is 6.10. The van der Waals surface area contributed by atoms with Gasteiger partial charge >= 0.3 is 0 Å². The summed E-state index contributed by atoms with van der Waals surface area (Å²) in [7, 11) is 0. The molecule has 0 bridgehead atoms. The van der Waals surface area contributed by atoms with Gasteiger partial charge in [0.2, 0.25) is 5.95 Å². The summed E-state index contributed by atoms with van der Waals surface area (Å²) in [5.74, 6) is 0.363. The van der Waals surface area contributed by atoms with E-state index in [0.29, 0.717) is 11.5 Å². The topological polar surface area (TPSA) is 78.8 Å². The van der Waals surface area contributed by atoms with E-state index in [1.165, 1.54) is 58.2 Å². The molecule has 1 aliphatic rings. The van der Waals surface area contributed by atoms with E-state index in [1.807, 2.05) is 65.4 Å². The Morgan fingerprint density at radius 1 is 0.919 bits per heavy atom. The second-order valence-corrected chi connectivity index (χ2v) is 9.85. The van der Waals surface area contributed by atoms with Crippen LogP contribution in [0.3, 0.4) is 0 Å². The predicted molar refractivity (Wildman–Crippen MR) is 148 cm³/mol. The number of carbonyl (C=O) groups is 1. The van der Waals surface area contributed by atoms with E-state index in [0.717, 1.165) is 35.3 Å². The second-order valence-electron chi connectivity index (χ2n) is 9.85. The van der Waals surface area contributed by atoms with Crippen LogP contribution in [0.1, 0.15) is 61.0 Å². The average Bonchev–Trinajstić information content (AvgIpc) is 3.63. The van der Waals surface area contributed by atoms with Gasteiger partial charge in [-0.3, -0.25) is 19.8 Å². The van der Waals surface area contributed by atoms with Crippen molar-refractivity contribution in [1.82, 2.24) is 24.6 Å². The number of para-hydroxylation sites is 1. The molecule has 2 aromatic carbocycles. The van der Waals surface area contributed by atoms with Gasteiger partial charge in [0.25, 0.3) is 5.91 Å². The summed E-state index contributed by atoms with van der Waals surface area (Å²) in [6, 6.07) is 17.6. The number of nitrogens with zero attached hydrogens (tertiary/aromatic N) is 4. The quantitative estimate of drug-likeness (QED) is 0.246. The number of nitrogens with one attached hydrogen (secondary N) is 2. The molecule has 1 saturated heterocycles. The Balaban J connectivity index is 1.22. The van der Waals surface area contributed by atoms with Crippen LogP contribution in [-0.2, 0) is 6.42 Å². The summed E-state index contributed by atoms with van der Waals surface area (Å²) in [4.78, 5) is 20.6. The molecule has 2 N–H and O–H groups in total. The van der Waals surface area contributed by atoms with E-state index in [2.05, 4.69) is 26.6 Å². The molecule has 7 nitrogen and oxygen atoms in total. The highest BCUT2D eigenvalue weighted by atomic mass is 16.1. The molecule has 1 fully saturated rings. The Morgan fingerprint density at radius 3 is 2.57 bits per heavy atom. The zero-order valence-corrected chi connectivity index (χ0v) is 21.4. The van der Waals surface area contributed by atoms with Crippen LogP contribution in [-0.4, -0.2) is 50.2 Å². The number of aromatic amines is 1. The molecule has 0 unspecified atom stereocenters. The van der Waals surface area contributed by atoms with E-state index in [1.54, 1.807) is 6.20 Å². The molecule has 4 aromatic rings. The first-order chi connectivity index (χ1) is 18.3. The minimum absolute atomic E-state index is 0.183. The maximum Gasteiger partial charge on any atom is 0.258 e. The third-order valence-corrected chi connectivity index (χ3v) is 7.08. The fraction of sp³-hybridized carbons (Fsp3) is 0.367. The van der Waals surface area contributed by atoms with Gasteiger partial charge in [-0.05, 0) is 81.6 Å². The second kappa shape index (κ2) is 12.5. The Bertz CT molecular complexity index is 1260. The number of H-pyrrole nitrogens is 1. The van der Waals surface area contributed by atoms with E-state index in [-0.39, 0.29) is 5.91 Å². The van der Waals surface area contributed by atoms with Gasteiger partial charge < -0.3 is 4.90 Å². The van der Waals surface area contributed by atoms with E-state index >= 15 is 0 Å². The van der Waals surface area contributed by atoms with Gasteiger partial charge in [0.1, 0.15) is 0 Å². The fourth-order valence-corrected chi connectivity index (χ4v) is 5.02. The number of hydrogen-bond acceptors (Lipinski definition) is 4. The normalized spacial score (nSPS) is 14.1. The number of imidazole rings is 1. The first-order valence-electron chi connectivity index (χ1n) is 13.5. The van der Waals surface area contributed by atoms with Crippen LogP contribution in [0.15, 0.2) is 73.2 Å². The molecule has 5 rings (SSSR count). The zero-order chi connectivity index (χ0) is 25.3. The number of piperidine rings is 1. The molecule has 0 radical (unpaired) electrons. The van der Waals surface area contributed by atoms with E-state index in [9.17, 15) is 4.79 Å².